The van der Waals surface area contributed by atoms with E-state index in [2.05, 4.69) is 36.5 Å². The molecule has 0 bridgehead atoms. The lowest BCUT2D eigenvalue weighted by atomic mass is 9.83. The summed E-state index contributed by atoms with van der Waals surface area (Å²) in [6.45, 7) is 9.79. The average molecular weight is 491 g/mol. The summed E-state index contributed by atoms with van der Waals surface area (Å²) < 4.78 is 7.30. The molecule has 7 heteroatoms. The van der Waals surface area contributed by atoms with E-state index in [9.17, 15) is 0 Å². The van der Waals surface area contributed by atoms with Gasteiger partial charge < -0.3 is 15.4 Å². The highest BCUT2D eigenvalue weighted by Gasteiger charge is 2.33. The normalized spacial score (nSPS) is 16.3. The molecule has 156 valence electrons. The molecule has 27 heavy (non-hydrogen) atoms. The Labute approximate surface area is 181 Å². The van der Waals surface area contributed by atoms with Crippen LogP contribution >= 0.6 is 24.0 Å². The summed E-state index contributed by atoms with van der Waals surface area (Å²) in [7, 11) is 3.80. The van der Waals surface area contributed by atoms with Gasteiger partial charge in [0, 0.05) is 46.1 Å². The number of nitrogens with zero attached hydrogens (tertiary/aromatic N) is 3. The second-order valence-corrected chi connectivity index (χ2v) is 7.59. The van der Waals surface area contributed by atoms with Crippen LogP contribution in [0.2, 0.25) is 0 Å². The van der Waals surface area contributed by atoms with E-state index in [1.807, 2.05) is 11.7 Å². The molecule has 1 aromatic heterocycles. The third-order valence-corrected chi connectivity index (χ3v) is 5.74. The molecule has 2 N–H and O–H groups in total. The number of rotatable bonds is 9. The van der Waals surface area contributed by atoms with Crippen molar-refractivity contribution in [3.05, 3.63) is 17.0 Å². The van der Waals surface area contributed by atoms with Crippen LogP contribution < -0.4 is 10.6 Å². The molecule has 0 saturated heterocycles. The maximum absolute atomic E-state index is 5.33. The van der Waals surface area contributed by atoms with Crippen molar-refractivity contribution in [2.45, 2.75) is 59.3 Å². The predicted octanol–water partition coefficient (Wildman–Crippen LogP) is 3.35. The largest absolute Gasteiger partial charge is 0.385 e. The molecule has 0 aliphatic heterocycles. The first kappa shape index (κ1) is 24.2. The van der Waals surface area contributed by atoms with Crippen molar-refractivity contribution in [3.63, 3.8) is 0 Å². The number of halogens is 1. The number of guanidine groups is 1. The van der Waals surface area contributed by atoms with E-state index in [0.717, 1.165) is 50.7 Å². The fourth-order valence-corrected chi connectivity index (χ4v) is 4.00. The highest BCUT2D eigenvalue weighted by Crippen LogP contribution is 2.41. The van der Waals surface area contributed by atoms with Crippen LogP contribution in [-0.4, -0.2) is 49.1 Å². The Balaban J connectivity index is 0.00000364. The Hall–Kier alpha value is -0.830. The molecule has 6 nitrogen and oxygen atoms in total. The summed E-state index contributed by atoms with van der Waals surface area (Å²) in [4.78, 5) is 4.92. The van der Waals surface area contributed by atoms with Gasteiger partial charge in [-0.05, 0) is 57.4 Å². The van der Waals surface area contributed by atoms with Gasteiger partial charge in [0.1, 0.15) is 0 Å². The Morgan fingerprint density at radius 2 is 1.96 bits per heavy atom. The minimum atomic E-state index is 0. The lowest BCUT2D eigenvalue weighted by molar-refractivity contribution is 0.141. The van der Waals surface area contributed by atoms with Crippen molar-refractivity contribution in [3.8, 4) is 0 Å². The van der Waals surface area contributed by atoms with Crippen LogP contribution in [-0.2, 0) is 18.2 Å². The fraction of sp³-hybridized carbons (Fsp3) is 0.800. The highest BCUT2D eigenvalue weighted by atomic mass is 127. The lowest BCUT2D eigenvalue weighted by Gasteiger charge is -2.27. The number of aliphatic imine (C=N–C) groups is 1. The Morgan fingerprint density at radius 3 is 2.52 bits per heavy atom. The number of aromatic nitrogens is 2. The molecule has 1 aromatic rings. The monoisotopic (exact) mass is 491 g/mol. The number of aryl methyl sites for hydroxylation is 2. The second kappa shape index (κ2) is 11.9. The molecule has 1 saturated carbocycles. The van der Waals surface area contributed by atoms with Gasteiger partial charge in [0.25, 0.3) is 0 Å². The molecule has 0 radical (unpaired) electrons. The molecule has 1 heterocycles. The van der Waals surface area contributed by atoms with Gasteiger partial charge in [-0.3, -0.25) is 9.67 Å². The van der Waals surface area contributed by atoms with Gasteiger partial charge in [-0.15, -0.1) is 24.0 Å². The van der Waals surface area contributed by atoms with E-state index in [1.165, 1.54) is 36.9 Å². The van der Waals surface area contributed by atoms with E-state index in [0.29, 0.717) is 5.41 Å². The zero-order valence-corrected chi connectivity index (χ0v) is 20.1. The summed E-state index contributed by atoms with van der Waals surface area (Å²) in [6, 6.07) is 0. The molecule has 0 spiro atoms. The van der Waals surface area contributed by atoms with Crippen molar-refractivity contribution in [2.75, 3.05) is 33.4 Å². The fourth-order valence-electron chi connectivity index (χ4n) is 4.00. The second-order valence-electron chi connectivity index (χ2n) is 7.59. The lowest BCUT2D eigenvalue weighted by Crippen LogP contribution is -2.39. The molecule has 0 atom stereocenters. The highest BCUT2D eigenvalue weighted by molar-refractivity contribution is 14.0. The maximum atomic E-state index is 5.33. The first-order valence-electron chi connectivity index (χ1n) is 10.0. The Kier molecular flexibility index (Phi) is 10.7. The van der Waals surface area contributed by atoms with Gasteiger partial charge in [-0.25, -0.2) is 0 Å². The van der Waals surface area contributed by atoms with Crippen molar-refractivity contribution in [2.24, 2.45) is 17.5 Å². The molecule has 1 fully saturated rings. The summed E-state index contributed by atoms with van der Waals surface area (Å²) in [5.74, 6) is 0.926. The number of hydrogen-bond acceptors (Lipinski definition) is 3. The van der Waals surface area contributed by atoms with Gasteiger partial charge in [0.05, 0.1) is 5.69 Å². The third-order valence-electron chi connectivity index (χ3n) is 5.74. The van der Waals surface area contributed by atoms with Gasteiger partial charge >= 0.3 is 0 Å². The van der Waals surface area contributed by atoms with Gasteiger partial charge in [-0.1, -0.05) is 12.8 Å². The van der Waals surface area contributed by atoms with Crippen LogP contribution in [0.1, 0.15) is 56.0 Å². The topological polar surface area (TPSA) is 63.5 Å². The molecular formula is C20H38IN5O. The minimum Gasteiger partial charge on any atom is -0.385 e. The molecule has 0 unspecified atom stereocenters. The van der Waals surface area contributed by atoms with Crippen LogP contribution in [0.3, 0.4) is 0 Å². The quantitative estimate of drug-likeness (QED) is 0.316. The molecule has 1 aliphatic carbocycles. The SMILES string of the molecule is CCNC(=NCC1(CCOC)CCCC1)NCCc1c(C)nn(C)c1C.I. The van der Waals surface area contributed by atoms with Crippen molar-refractivity contribution in [1.82, 2.24) is 20.4 Å². The zero-order chi connectivity index (χ0) is 19.0. The van der Waals surface area contributed by atoms with Crippen LogP contribution in [0.5, 0.6) is 0 Å². The summed E-state index contributed by atoms with van der Waals surface area (Å²) >= 11 is 0. The van der Waals surface area contributed by atoms with Crippen LogP contribution in [0.15, 0.2) is 4.99 Å². The van der Waals surface area contributed by atoms with Crippen molar-refractivity contribution >= 4 is 29.9 Å². The zero-order valence-electron chi connectivity index (χ0n) is 17.7. The van der Waals surface area contributed by atoms with Gasteiger partial charge in [0.2, 0.25) is 0 Å². The Morgan fingerprint density at radius 1 is 1.26 bits per heavy atom. The molecule has 0 amide bonds. The summed E-state index contributed by atoms with van der Waals surface area (Å²) in [5, 5.41) is 11.4. The smallest absolute Gasteiger partial charge is 0.191 e. The van der Waals surface area contributed by atoms with Crippen molar-refractivity contribution < 1.29 is 4.74 Å². The Bertz CT molecular complexity index is 593. The maximum Gasteiger partial charge on any atom is 0.191 e. The molecule has 1 aliphatic rings. The standard InChI is InChI=1S/C20H37N5O.HI/c1-6-21-19(22-13-9-18-16(2)24-25(4)17(18)3)23-15-20(12-14-26-5)10-7-8-11-20;/h6-15H2,1-5H3,(H2,21,22,23);1H. The van der Waals surface area contributed by atoms with Crippen LogP contribution in [0, 0.1) is 19.3 Å². The first-order valence-corrected chi connectivity index (χ1v) is 10.0. The van der Waals surface area contributed by atoms with E-state index < -0.39 is 0 Å². The number of hydrogen-bond donors (Lipinski definition) is 2. The third kappa shape index (κ3) is 6.93. The van der Waals surface area contributed by atoms with E-state index >= 15 is 0 Å². The first-order chi connectivity index (χ1) is 12.5. The number of ether oxygens (including phenoxy) is 1. The molecule has 0 aromatic carbocycles. The summed E-state index contributed by atoms with van der Waals surface area (Å²) in [5.41, 5.74) is 4.03. The van der Waals surface area contributed by atoms with Gasteiger partial charge in [-0.2, -0.15) is 5.10 Å². The van der Waals surface area contributed by atoms with Gasteiger partial charge in [0.15, 0.2) is 5.96 Å². The van der Waals surface area contributed by atoms with E-state index in [4.69, 9.17) is 9.73 Å². The van der Waals surface area contributed by atoms with E-state index in [-0.39, 0.29) is 24.0 Å². The van der Waals surface area contributed by atoms with Crippen LogP contribution in [0.25, 0.3) is 0 Å². The minimum absolute atomic E-state index is 0. The predicted molar refractivity (Wildman–Crippen MR) is 123 cm³/mol. The van der Waals surface area contributed by atoms with Crippen LogP contribution in [0.4, 0.5) is 0 Å². The molecular weight excluding hydrogens is 453 g/mol. The number of nitrogens with one attached hydrogen (secondary N) is 2. The summed E-state index contributed by atoms with van der Waals surface area (Å²) in [6.07, 6.45) is 7.26. The van der Waals surface area contributed by atoms with Crippen molar-refractivity contribution in [1.29, 1.82) is 0 Å². The number of methoxy groups -OCH3 is 1. The molecule has 2 rings (SSSR count). The van der Waals surface area contributed by atoms with E-state index in [1.54, 1.807) is 7.11 Å². The average Bonchev–Trinajstić information content (AvgIpc) is 3.18.